The van der Waals surface area contributed by atoms with Crippen LogP contribution in [0.4, 0.5) is 0 Å². The molecule has 102 valence electrons. The van der Waals surface area contributed by atoms with Crippen molar-refractivity contribution in [1.82, 2.24) is 15.1 Å². The van der Waals surface area contributed by atoms with Crippen molar-refractivity contribution in [2.75, 3.05) is 0 Å². The highest BCUT2D eigenvalue weighted by Gasteiger charge is 2.16. The van der Waals surface area contributed by atoms with Crippen LogP contribution in [0.5, 0.6) is 0 Å². The predicted octanol–water partition coefficient (Wildman–Crippen LogP) is 3.13. The molecule has 1 heterocycles. The molecule has 1 amide bonds. The second kappa shape index (κ2) is 6.92. The quantitative estimate of drug-likeness (QED) is 0.876. The lowest BCUT2D eigenvalue weighted by Gasteiger charge is -2.14. The van der Waals surface area contributed by atoms with Gasteiger partial charge < -0.3 is 5.32 Å². The largest absolute Gasteiger partial charge is 0.348 e. The minimum absolute atomic E-state index is 0.0704. The van der Waals surface area contributed by atoms with E-state index in [9.17, 15) is 4.79 Å². The van der Waals surface area contributed by atoms with E-state index in [4.69, 9.17) is 0 Å². The normalized spacial score (nSPS) is 12.8. The van der Waals surface area contributed by atoms with Crippen molar-refractivity contribution in [3.8, 4) is 0 Å². The van der Waals surface area contributed by atoms with Crippen molar-refractivity contribution < 1.29 is 4.79 Å². The average Bonchev–Trinajstić information content (AvgIpc) is 2.57. The Bertz CT molecular complexity index is 381. The Morgan fingerprint density at radius 1 is 1.44 bits per heavy atom. The number of hydrogen-bond acceptors (Lipinski definition) is 2. The Morgan fingerprint density at radius 2 is 2.11 bits per heavy atom. The van der Waals surface area contributed by atoms with Crippen LogP contribution in [0.15, 0.2) is 10.7 Å². The molecular formula is C13H22BrN3O. The SMILES string of the molecule is CC(C)CCC[C@@H](C)NC(=O)c1c(Br)cnn1C. The van der Waals surface area contributed by atoms with Crippen molar-refractivity contribution in [1.29, 1.82) is 0 Å². The summed E-state index contributed by atoms with van der Waals surface area (Å²) in [5, 5.41) is 7.05. The Labute approximate surface area is 117 Å². The fourth-order valence-electron chi connectivity index (χ4n) is 1.86. The molecule has 0 aromatic carbocycles. The van der Waals surface area contributed by atoms with E-state index in [-0.39, 0.29) is 11.9 Å². The van der Waals surface area contributed by atoms with Gasteiger partial charge in [-0.2, -0.15) is 5.10 Å². The smallest absolute Gasteiger partial charge is 0.270 e. The van der Waals surface area contributed by atoms with Crippen LogP contribution < -0.4 is 5.32 Å². The summed E-state index contributed by atoms with van der Waals surface area (Å²) >= 11 is 3.34. The molecule has 1 aromatic heterocycles. The maximum absolute atomic E-state index is 12.1. The third-order valence-electron chi connectivity index (χ3n) is 2.91. The summed E-state index contributed by atoms with van der Waals surface area (Å²) in [7, 11) is 1.77. The summed E-state index contributed by atoms with van der Waals surface area (Å²) in [5.74, 6) is 0.651. The maximum Gasteiger partial charge on any atom is 0.270 e. The first-order chi connectivity index (χ1) is 8.41. The van der Waals surface area contributed by atoms with E-state index < -0.39 is 0 Å². The third kappa shape index (κ3) is 4.44. The van der Waals surface area contributed by atoms with Gasteiger partial charge in [0.2, 0.25) is 0 Å². The van der Waals surface area contributed by atoms with Crippen LogP contribution in [0.1, 0.15) is 50.5 Å². The number of carbonyl (C=O) groups is 1. The van der Waals surface area contributed by atoms with Gasteiger partial charge in [0.15, 0.2) is 0 Å². The fourth-order valence-corrected chi connectivity index (χ4v) is 2.39. The Balaban J connectivity index is 2.45. The first-order valence-electron chi connectivity index (χ1n) is 6.40. The fraction of sp³-hybridized carbons (Fsp3) is 0.692. The van der Waals surface area contributed by atoms with Crippen LogP contribution in [0, 0.1) is 5.92 Å². The lowest BCUT2D eigenvalue weighted by molar-refractivity contribution is 0.0927. The predicted molar refractivity (Wildman–Crippen MR) is 76.5 cm³/mol. The van der Waals surface area contributed by atoms with Crippen LogP contribution >= 0.6 is 15.9 Å². The molecule has 0 radical (unpaired) electrons. The standard InChI is InChI=1S/C13H22BrN3O/c1-9(2)6-5-7-10(3)16-13(18)12-11(14)8-15-17(12)4/h8-10H,5-7H2,1-4H3,(H,16,18)/t10-/m1/s1. The van der Waals surface area contributed by atoms with Gasteiger partial charge in [-0.3, -0.25) is 9.48 Å². The molecule has 1 aromatic rings. The first kappa shape index (κ1) is 15.2. The molecule has 0 spiro atoms. The topological polar surface area (TPSA) is 46.9 Å². The monoisotopic (exact) mass is 315 g/mol. The van der Waals surface area contributed by atoms with E-state index in [0.29, 0.717) is 5.69 Å². The van der Waals surface area contributed by atoms with E-state index in [1.165, 1.54) is 6.42 Å². The van der Waals surface area contributed by atoms with E-state index in [2.05, 4.69) is 40.2 Å². The average molecular weight is 316 g/mol. The molecular weight excluding hydrogens is 294 g/mol. The van der Waals surface area contributed by atoms with Crippen molar-refractivity contribution in [2.45, 2.75) is 46.1 Å². The molecule has 0 fully saturated rings. The van der Waals surface area contributed by atoms with Crippen LogP contribution in [0.3, 0.4) is 0 Å². The number of nitrogens with zero attached hydrogens (tertiary/aromatic N) is 2. The molecule has 18 heavy (non-hydrogen) atoms. The second-order valence-electron chi connectivity index (χ2n) is 5.16. The van der Waals surface area contributed by atoms with Gasteiger partial charge in [-0.15, -0.1) is 0 Å². The van der Waals surface area contributed by atoms with Crippen molar-refractivity contribution in [3.63, 3.8) is 0 Å². The number of aryl methyl sites for hydroxylation is 1. The minimum Gasteiger partial charge on any atom is -0.348 e. The number of aromatic nitrogens is 2. The highest BCUT2D eigenvalue weighted by Crippen LogP contribution is 2.15. The van der Waals surface area contributed by atoms with Crippen LogP contribution in [0.25, 0.3) is 0 Å². The van der Waals surface area contributed by atoms with Gasteiger partial charge >= 0.3 is 0 Å². The van der Waals surface area contributed by atoms with Gasteiger partial charge in [0, 0.05) is 13.1 Å². The van der Waals surface area contributed by atoms with E-state index in [0.717, 1.165) is 23.2 Å². The number of halogens is 1. The summed E-state index contributed by atoms with van der Waals surface area (Å²) in [6, 6.07) is 0.193. The molecule has 0 unspecified atom stereocenters. The molecule has 0 saturated carbocycles. The molecule has 0 aliphatic heterocycles. The third-order valence-corrected chi connectivity index (χ3v) is 3.49. The Morgan fingerprint density at radius 3 is 2.61 bits per heavy atom. The molecule has 1 N–H and O–H groups in total. The van der Waals surface area contributed by atoms with Gasteiger partial charge in [0.05, 0.1) is 10.7 Å². The number of carbonyl (C=O) groups excluding carboxylic acids is 1. The molecule has 5 heteroatoms. The zero-order valence-corrected chi connectivity index (χ0v) is 13.1. The summed E-state index contributed by atoms with van der Waals surface area (Å²) in [4.78, 5) is 12.1. The Kier molecular flexibility index (Phi) is 5.85. The van der Waals surface area contributed by atoms with E-state index in [1.54, 1.807) is 17.9 Å². The molecule has 1 atom stereocenters. The summed E-state index contributed by atoms with van der Waals surface area (Å²) < 4.78 is 2.32. The first-order valence-corrected chi connectivity index (χ1v) is 7.19. The molecule has 0 aliphatic rings. The second-order valence-corrected chi connectivity index (χ2v) is 6.02. The number of nitrogens with one attached hydrogen (secondary N) is 1. The van der Waals surface area contributed by atoms with Crippen molar-refractivity contribution in [2.24, 2.45) is 13.0 Å². The Hall–Kier alpha value is -0.840. The summed E-state index contributed by atoms with van der Waals surface area (Å²) in [6.07, 6.45) is 5.00. The van der Waals surface area contributed by atoms with Gasteiger partial charge in [-0.25, -0.2) is 0 Å². The number of hydrogen-bond donors (Lipinski definition) is 1. The van der Waals surface area contributed by atoms with Gasteiger partial charge in [-0.05, 0) is 35.2 Å². The maximum atomic E-state index is 12.1. The van der Waals surface area contributed by atoms with E-state index in [1.807, 2.05) is 6.92 Å². The molecule has 0 bridgehead atoms. The van der Waals surface area contributed by atoms with Crippen LogP contribution in [0.2, 0.25) is 0 Å². The highest BCUT2D eigenvalue weighted by atomic mass is 79.9. The van der Waals surface area contributed by atoms with Crippen molar-refractivity contribution in [3.05, 3.63) is 16.4 Å². The lowest BCUT2D eigenvalue weighted by Crippen LogP contribution is -2.34. The highest BCUT2D eigenvalue weighted by molar-refractivity contribution is 9.10. The summed E-state index contributed by atoms with van der Waals surface area (Å²) in [5.41, 5.74) is 0.575. The molecule has 0 aliphatic carbocycles. The van der Waals surface area contributed by atoms with Gasteiger partial charge in [0.25, 0.3) is 5.91 Å². The molecule has 0 saturated heterocycles. The van der Waals surface area contributed by atoms with Crippen LogP contribution in [-0.2, 0) is 7.05 Å². The zero-order chi connectivity index (χ0) is 13.7. The number of rotatable bonds is 6. The number of amides is 1. The molecule has 1 rings (SSSR count). The summed E-state index contributed by atoms with van der Waals surface area (Å²) in [6.45, 7) is 6.48. The molecule has 4 nitrogen and oxygen atoms in total. The lowest BCUT2D eigenvalue weighted by atomic mass is 10.0. The van der Waals surface area contributed by atoms with Crippen molar-refractivity contribution >= 4 is 21.8 Å². The van der Waals surface area contributed by atoms with Gasteiger partial charge in [-0.1, -0.05) is 26.7 Å². The van der Waals surface area contributed by atoms with Gasteiger partial charge in [0.1, 0.15) is 5.69 Å². The zero-order valence-electron chi connectivity index (χ0n) is 11.5. The van der Waals surface area contributed by atoms with Crippen LogP contribution in [-0.4, -0.2) is 21.7 Å². The minimum atomic E-state index is -0.0704. The van der Waals surface area contributed by atoms with E-state index >= 15 is 0 Å².